The molecule has 4 heteroatoms. The maximum Gasteiger partial charge on any atom is 0.292 e. The lowest BCUT2D eigenvalue weighted by Crippen LogP contribution is -2.39. The minimum absolute atomic E-state index is 0.0416. The highest BCUT2D eigenvalue weighted by atomic mass is 16.5. The van der Waals surface area contributed by atoms with Crippen molar-refractivity contribution in [1.29, 1.82) is 0 Å². The van der Waals surface area contributed by atoms with Crippen molar-refractivity contribution in [2.75, 3.05) is 13.1 Å². The summed E-state index contributed by atoms with van der Waals surface area (Å²) in [6, 6.07) is 12.2. The van der Waals surface area contributed by atoms with E-state index in [-0.39, 0.29) is 11.8 Å². The first-order valence-corrected chi connectivity index (χ1v) is 7.96. The molecule has 1 aliphatic rings. The third-order valence-electron chi connectivity index (χ3n) is 4.31. The van der Waals surface area contributed by atoms with Gasteiger partial charge in [-0.15, -0.1) is 0 Å². The Hall–Kier alpha value is -2.10. The van der Waals surface area contributed by atoms with Gasteiger partial charge < -0.3 is 9.42 Å². The maximum absolute atomic E-state index is 12.6. The van der Waals surface area contributed by atoms with Gasteiger partial charge in [-0.3, -0.25) is 4.79 Å². The molecule has 0 bridgehead atoms. The van der Waals surface area contributed by atoms with E-state index >= 15 is 0 Å². The monoisotopic (exact) mass is 298 g/mol. The SMILES string of the molecule is CC(C)c1cc(C(=O)N2CCC[C@H](c3ccccc3)C2)on1. The molecule has 2 aromatic rings. The summed E-state index contributed by atoms with van der Waals surface area (Å²) in [6.07, 6.45) is 2.15. The van der Waals surface area contributed by atoms with E-state index in [1.54, 1.807) is 6.07 Å². The normalized spacial score (nSPS) is 18.7. The third kappa shape index (κ3) is 3.06. The van der Waals surface area contributed by atoms with E-state index in [4.69, 9.17) is 4.52 Å². The fourth-order valence-corrected chi connectivity index (χ4v) is 2.98. The summed E-state index contributed by atoms with van der Waals surface area (Å²) in [6.45, 7) is 5.62. The minimum atomic E-state index is -0.0416. The van der Waals surface area contributed by atoms with E-state index in [9.17, 15) is 4.79 Å². The van der Waals surface area contributed by atoms with Gasteiger partial charge in [-0.1, -0.05) is 49.3 Å². The number of carbonyl (C=O) groups excluding carboxylic acids is 1. The second kappa shape index (κ2) is 6.34. The summed E-state index contributed by atoms with van der Waals surface area (Å²) in [4.78, 5) is 14.5. The number of nitrogens with zero attached hydrogens (tertiary/aromatic N) is 2. The topological polar surface area (TPSA) is 46.3 Å². The minimum Gasteiger partial charge on any atom is -0.351 e. The highest BCUT2D eigenvalue weighted by Crippen LogP contribution is 2.27. The molecular weight excluding hydrogens is 276 g/mol. The second-order valence-corrected chi connectivity index (χ2v) is 6.27. The number of hydrogen-bond acceptors (Lipinski definition) is 3. The number of amides is 1. The molecule has 0 spiro atoms. The van der Waals surface area contributed by atoms with Gasteiger partial charge in [0.15, 0.2) is 0 Å². The first kappa shape index (κ1) is 14.8. The third-order valence-corrected chi connectivity index (χ3v) is 4.31. The summed E-state index contributed by atoms with van der Waals surface area (Å²) in [5, 5.41) is 3.99. The van der Waals surface area contributed by atoms with Gasteiger partial charge in [0.1, 0.15) is 0 Å². The van der Waals surface area contributed by atoms with E-state index in [0.717, 1.165) is 31.6 Å². The van der Waals surface area contributed by atoms with Crippen molar-refractivity contribution in [2.45, 2.75) is 38.5 Å². The number of likely N-dealkylation sites (tertiary alicyclic amines) is 1. The second-order valence-electron chi connectivity index (χ2n) is 6.27. The van der Waals surface area contributed by atoms with Gasteiger partial charge in [0.25, 0.3) is 5.91 Å². The van der Waals surface area contributed by atoms with Crippen LogP contribution in [0.5, 0.6) is 0 Å². The van der Waals surface area contributed by atoms with Crippen LogP contribution in [0, 0.1) is 0 Å². The molecule has 1 aromatic heterocycles. The van der Waals surface area contributed by atoms with Crippen LogP contribution in [0.3, 0.4) is 0 Å². The van der Waals surface area contributed by atoms with Crippen LogP contribution in [0.15, 0.2) is 40.9 Å². The first-order chi connectivity index (χ1) is 10.6. The lowest BCUT2D eigenvalue weighted by Gasteiger charge is -2.32. The zero-order chi connectivity index (χ0) is 15.5. The average Bonchev–Trinajstić information content (AvgIpc) is 3.05. The fourth-order valence-electron chi connectivity index (χ4n) is 2.98. The van der Waals surface area contributed by atoms with Crippen LogP contribution in [0.2, 0.25) is 0 Å². The molecule has 1 fully saturated rings. The summed E-state index contributed by atoms with van der Waals surface area (Å²) in [5.74, 6) is 0.993. The largest absolute Gasteiger partial charge is 0.351 e. The molecule has 116 valence electrons. The van der Waals surface area contributed by atoms with Crippen LogP contribution in [0.1, 0.15) is 60.3 Å². The lowest BCUT2D eigenvalue weighted by atomic mass is 9.90. The Kier molecular flexibility index (Phi) is 4.27. The van der Waals surface area contributed by atoms with Crippen LogP contribution < -0.4 is 0 Å². The Labute approximate surface area is 131 Å². The van der Waals surface area contributed by atoms with Gasteiger partial charge in [0.2, 0.25) is 5.76 Å². The van der Waals surface area contributed by atoms with Crippen LogP contribution in [-0.2, 0) is 0 Å². The molecule has 1 amide bonds. The molecule has 0 radical (unpaired) electrons. The van der Waals surface area contributed by atoms with E-state index in [1.165, 1.54) is 5.56 Å². The van der Waals surface area contributed by atoms with Crippen molar-refractivity contribution < 1.29 is 9.32 Å². The van der Waals surface area contributed by atoms with Crippen LogP contribution in [-0.4, -0.2) is 29.1 Å². The summed E-state index contributed by atoms with van der Waals surface area (Å²) >= 11 is 0. The molecule has 2 heterocycles. The Balaban J connectivity index is 1.72. The predicted octanol–water partition coefficient (Wildman–Crippen LogP) is 3.82. The van der Waals surface area contributed by atoms with Crippen molar-refractivity contribution >= 4 is 5.91 Å². The number of rotatable bonds is 3. The number of benzene rings is 1. The highest BCUT2D eigenvalue weighted by Gasteiger charge is 2.27. The molecule has 1 aliphatic heterocycles. The van der Waals surface area contributed by atoms with E-state index in [0.29, 0.717) is 11.7 Å². The highest BCUT2D eigenvalue weighted by molar-refractivity contribution is 5.91. The molecule has 0 saturated carbocycles. The number of piperidine rings is 1. The standard InChI is InChI=1S/C18H22N2O2/c1-13(2)16-11-17(22-19-16)18(21)20-10-6-9-15(12-20)14-7-4-3-5-8-14/h3-5,7-8,11,13,15H,6,9-10,12H2,1-2H3/t15-/m0/s1. The molecule has 0 aliphatic carbocycles. The van der Waals surface area contributed by atoms with Crippen LogP contribution in [0.25, 0.3) is 0 Å². The van der Waals surface area contributed by atoms with E-state index in [2.05, 4.69) is 29.4 Å². The molecule has 1 saturated heterocycles. The molecule has 3 rings (SSSR count). The molecule has 0 N–H and O–H groups in total. The molecule has 0 unspecified atom stereocenters. The van der Waals surface area contributed by atoms with Gasteiger partial charge >= 0.3 is 0 Å². The van der Waals surface area contributed by atoms with E-state index in [1.807, 2.05) is 24.8 Å². The molecule has 1 aromatic carbocycles. The van der Waals surface area contributed by atoms with E-state index < -0.39 is 0 Å². The maximum atomic E-state index is 12.6. The number of carbonyl (C=O) groups is 1. The van der Waals surface area contributed by atoms with Crippen LogP contribution >= 0.6 is 0 Å². The smallest absolute Gasteiger partial charge is 0.292 e. The Bertz CT molecular complexity index is 634. The quantitative estimate of drug-likeness (QED) is 0.865. The molecule has 4 nitrogen and oxygen atoms in total. The molecular formula is C18H22N2O2. The zero-order valence-electron chi connectivity index (χ0n) is 13.2. The molecule has 22 heavy (non-hydrogen) atoms. The fraction of sp³-hybridized carbons (Fsp3) is 0.444. The summed E-state index contributed by atoms with van der Waals surface area (Å²) < 4.78 is 5.24. The Morgan fingerprint density at radius 1 is 1.32 bits per heavy atom. The number of aromatic nitrogens is 1. The Morgan fingerprint density at radius 3 is 2.77 bits per heavy atom. The van der Waals surface area contributed by atoms with Crippen LogP contribution in [0.4, 0.5) is 0 Å². The number of hydrogen-bond donors (Lipinski definition) is 0. The van der Waals surface area contributed by atoms with Crippen molar-refractivity contribution in [3.05, 3.63) is 53.4 Å². The van der Waals surface area contributed by atoms with Gasteiger partial charge in [0.05, 0.1) is 5.69 Å². The van der Waals surface area contributed by atoms with Crippen molar-refractivity contribution in [2.24, 2.45) is 0 Å². The van der Waals surface area contributed by atoms with Gasteiger partial charge in [-0.2, -0.15) is 0 Å². The summed E-state index contributed by atoms with van der Waals surface area (Å²) in [5.41, 5.74) is 2.14. The molecule has 1 atom stereocenters. The lowest BCUT2D eigenvalue weighted by molar-refractivity contribution is 0.0665. The van der Waals surface area contributed by atoms with Crippen molar-refractivity contribution in [3.63, 3.8) is 0 Å². The van der Waals surface area contributed by atoms with Gasteiger partial charge in [0, 0.05) is 25.1 Å². The summed E-state index contributed by atoms with van der Waals surface area (Å²) in [7, 11) is 0. The zero-order valence-corrected chi connectivity index (χ0v) is 13.2. The average molecular weight is 298 g/mol. The predicted molar refractivity (Wildman–Crippen MR) is 84.9 cm³/mol. The van der Waals surface area contributed by atoms with Gasteiger partial charge in [-0.05, 0) is 24.3 Å². The van der Waals surface area contributed by atoms with Crippen molar-refractivity contribution in [1.82, 2.24) is 10.1 Å². The first-order valence-electron chi connectivity index (χ1n) is 7.96. The van der Waals surface area contributed by atoms with Gasteiger partial charge in [-0.25, -0.2) is 0 Å². The van der Waals surface area contributed by atoms with Crippen molar-refractivity contribution in [3.8, 4) is 0 Å². The Morgan fingerprint density at radius 2 is 2.09 bits per heavy atom.